The van der Waals surface area contributed by atoms with Gasteiger partial charge in [0.1, 0.15) is 5.92 Å². The van der Waals surface area contributed by atoms with Crippen molar-refractivity contribution in [2.75, 3.05) is 18.0 Å². The van der Waals surface area contributed by atoms with E-state index in [1.54, 1.807) is 4.90 Å². The zero-order chi connectivity index (χ0) is 16.3. The first-order chi connectivity index (χ1) is 10.4. The molecular formula is C17H26ClN3O2. The zero-order valence-corrected chi connectivity index (χ0v) is 14.8. The van der Waals surface area contributed by atoms with Gasteiger partial charge in [-0.05, 0) is 56.9 Å². The Labute approximate surface area is 144 Å². The number of rotatable bonds is 5. The van der Waals surface area contributed by atoms with Gasteiger partial charge in [0.05, 0.1) is 0 Å². The SMILES string of the molecule is Cc1cc(C)cc(N2CCC(C(=O)NCCC(C)N)C2=O)c1.Cl. The van der Waals surface area contributed by atoms with Gasteiger partial charge in [-0.1, -0.05) is 6.07 Å². The summed E-state index contributed by atoms with van der Waals surface area (Å²) in [7, 11) is 0. The van der Waals surface area contributed by atoms with E-state index in [1.807, 2.05) is 32.9 Å². The second-order valence-electron chi connectivity index (χ2n) is 6.23. The molecule has 1 aromatic carbocycles. The topological polar surface area (TPSA) is 75.4 Å². The molecule has 0 aliphatic carbocycles. The van der Waals surface area contributed by atoms with E-state index < -0.39 is 5.92 Å². The fourth-order valence-corrected chi connectivity index (χ4v) is 2.83. The molecule has 0 bridgehead atoms. The summed E-state index contributed by atoms with van der Waals surface area (Å²) in [6.07, 6.45) is 1.28. The fraction of sp³-hybridized carbons (Fsp3) is 0.529. The maximum absolute atomic E-state index is 12.5. The van der Waals surface area contributed by atoms with Crippen LogP contribution in [-0.2, 0) is 9.59 Å². The number of nitrogens with one attached hydrogen (secondary N) is 1. The van der Waals surface area contributed by atoms with Crippen molar-refractivity contribution in [3.63, 3.8) is 0 Å². The predicted molar refractivity (Wildman–Crippen MR) is 94.9 cm³/mol. The molecule has 1 aromatic rings. The van der Waals surface area contributed by atoms with Crippen molar-refractivity contribution >= 4 is 29.9 Å². The average Bonchev–Trinajstić information content (AvgIpc) is 2.79. The van der Waals surface area contributed by atoms with Crippen LogP contribution in [0.15, 0.2) is 18.2 Å². The highest BCUT2D eigenvalue weighted by Crippen LogP contribution is 2.27. The molecule has 1 aliphatic rings. The van der Waals surface area contributed by atoms with Crippen LogP contribution in [-0.4, -0.2) is 30.9 Å². The van der Waals surface area contributed by atoms with Crippen LogP contribution in [0.5, 0.6) is 0 Å². The lowest BCUT2D eigenvalue weighted by Gasteiger charge is -2.18. The van der Waals surface area contributed by atoms with Crippen molar-refractivity contribution < 1.29 is 9.59 Å². The highest BCUT2D eigenvalue weighted by atomic mass is 35.5. The van der Waals surface area contributed by atoms with Gasteiger partial charge >= 0.3 is 0 Å². The number of nitrogens with two attached hydrogens (primary N) is 1. The highest BCUT2D eigenvalue weighted by molar-refractivity contribution is 6.09. The van der Waals surface area contributed by atoms with Crippen molar-refractivity contribution in [2.45, 2.75) is 39.7 Å². The minimum absolute atomic E-state index is 0. The second kappa shape index (κ2) is 8.31. The monoisotopic (exact) mass is 339 g/mol. The van der Waals surface area contributed by atoms with E-state index in [4.69, 9.17) is 5.73 Å². The van der Waals surface area contributed by atoms with Gasteiger partial charge in [0.25, 0.3) is 0 Å². The number of aryl methyl sites for hydroxylation is 2. The van der Waals surface area contributed by atoms with Crippen LogP contribution in [0.4, 0.5) is 5.69 Å². The average molecular weight is 340 g/mol. The molecule has 0 aromatic heterocycles. The molecule has 1 aliphatic heterocycles. The lowest BCUT2D eigenvalue weighted by atomic mass is 10.1. The Balaban J connectivity index is 0.00000264. The third kappa shape index (κ3) is 4.94. The first kappa shape index (κ1) is 19.5. The number of benzene rings is 1. The lowest BCUT2D eigenvalue weighted by Crippen LogP contribution is -2.38. The molecule has 2 rings (SSSR count). The molecule has 128 valence electrons. The molecular weight excluding hydrogens is 314 g/mol. The summed E-state index contributed by atoms with van der Waals surface area (Å²) in [5, 5.41) is 2.81. The molecule has 2 amide bonds. The summed E-state index contributed by atoms with van der Waals surface area (Å²) in [5.74, 6) is -0.866. The number of nitrogens with zero attached hydrogens (tertiary/aromatic N) is 1. The van der Waals surface area contributed by atoms with Crippen molar-refractivity contribution in [3.8, 4) is 0 Å². The number of carbonyl (C=O) groups is 2. The fourth-order valence-electron chi connectivity index (χ4n) is 2.83. The second-order valence-corrected chi connectivity index (χ2v) is 6.23. The molecule has 0 saturated carbocycles. The number of hydrogen-bond acceptors (Lipinski definition) is 3. The van der Waals surface area contributed by atoms with Gasteiger partial charge in [-0.2, -0.15) is 0 Å². The van der Waals surface area contributed by atoms with E-state index in [0.717, 1.165) is 16.8 Å². The number of carbonyl (C=O) groups excluding carboxylic acids is 2. The third-order valence-electron chi connectivity index (χ3n) is 3.94. The maximum atomic E-state index is 12.5. The summed E-state index contributed by atoms with van der Waals surface area (Å²) >= 11 is 0. The quantitative estimate of drug-likeness (QED) is 0.805. The van der Waals surface area contributed by atoms with E-state index in [1.165, 1.54) is 0 Å². The van der Waals surface area contributed by atoms with E-state index in [0.29, 0.717) is 25.9 Å². The van der Waals surface area contributed by atoms with Gasteiger partial charge in [0.2, 0.25) is 11.8 Å². The molecule has 5 nitrogen and oxygen atoms in total. The number of hydrogen-bond donors (Lipinski definition) is 2. The summed E-state index contributed by atoms with van der Waals surface area (Å²) in [5.41, 5.74) is 8.78. The van der Waals surface area contributed by atoms with E-state index in [-0.39, 0.29) is 30.3 Å². The molecule has 1 saturated heterocycles. The normalized spacial score (nSPS) is 18.5. The van der Waals surface area contributed by atoms with Gasteiger partial charge in [0.15, 0.2) is 0 Å². The minimum Gasteiger partial charge on any atom is -0.355 e. The Morgan fingerprint density at radius 3 is 2.52 bits per heavy atom. The summed E-state index contributed by atoms with van der Waals surface area (Å²) in [6.45, 7) is 7.02. The van der Waals surface area contributed by atoms with Gasteiger partial charge < -0.3 is 16.0 Å². The van der Waals surface area contributed by atoms with Gasteiger partial charge in [-0.3, -0.25) is 9.59 Å². The molecule has 3 N–H and O–H groups in total. The van der Waals surface area contributed by atoms with Crippen LogP contribution >= 0.6 is 12.4 Å². The number of halogens is 1. The summed E-state index contributed by atoms with van der Waals surface area (Å²) in [6, 6.07) is 6.09. The van der Waals surface area contributed by atoms with E-state index in [2.05, 4.69) is 11.4 Å². The number of anilines is 1. The van der Waals surface area contributed by atoms with Crippen LogP contribution in [0.3, 0.4) is 0 Å². The van der Waals surface area contributed by atoms with Crippen molar-refractivity contribution in [1.82, 2.24) is 5.32 Å². The Morgan fingerprint density at radius 1 is 1.35 bits per heavy atom. The smallest absolute Gasteiger partial charge is 0.239 e. The first-order valence-electron chi connectivity index (χ1n) is 7.81. The summed E-state index contributed by atoms with van der Waals surface area (Å²) < 4.78 is 0. The third-order valence-corrected chi connectivity index (χ3v) is 3.94. The predicted octanol–water partition coefficient (Wildman–Crippen LogP) is 1.93. The molecule has 1 fully saturated rings. The highest BCUT2D eigenvalue weighted by Gasteiger charge is 2.37. The van der Waals surface area contributed by atoms with Gasteiger partial charge in [-0.25, -0.2) is 0 Å². The van der Waals surface area contributed by atoms with Crippen LogP contribution < -0.4 is 16.0 Å². The standard InChI is InChI=1S/C17H25N3O2.ClH/c1-11-8-12(2)10-14(9-11)20-7-5-15(17(20)22)16(21)19-6-4-13(3)18;/h8-10,13,15H,4-7,18H2,1-3H3,(H,19,21);1H. The van der Waals surface area contributed by atoms with Gasteiger partial charge in [0, 0.05) is 24.8 Å². The molecule has 23 heavy (non-hydrogen) atoms. The van der Waals surface area contributed by atoms with Crippen LogP contribution in [0.25, 0.3) is 0 Å². The van der Waals surface area contributed by atoms with E-state index in [9.17, 15) is 9.59 Å². The minimum atomic E-state index is -0.575. The molecule has 6 heteroatoms. The van der Waals surface area contributed by atoms with Crippen LogP contribution in [0.1, 0.15) is 30.9 Å². The maximum Gasteiger partial charge on any atom is 0.239 e. The Bertz CT molecular complexity index is 555. The molecule has 2 atom stereocenters. The van der Waals surface area contributed by atoms with Crippen LogP contribution in [0.2, 0.25) is 0 Å². The Hall–Kier alpha value is -1.59. The molecule has 1 heterocycles. The van der Waals surface area contributed by atoms with Gasteiger partial charge in [-0.15, -0.1) is 12.4 Å². The van der Waals surface area contributed by atoms with Crippen molar-refractivity contribution in [1.29, 1.82) is 0 Å². The number of amides is 2. The van der Waals surface area contributed by atoms with E-state index >= 15 is 0 Å². The zero-order valence-electron chi connectivity index (χ0n) is 14.0. The largest absolute Gasteiger partial charge is 0.355 e. The van der Waals surface area contributed by atoms with Crippen molar-refractivity contribution in [3.05, 3.63) is 29.3 Å². The molecule has 0 spiro atoms. The molecule has 2 unspecified atom stereocenters. The summed E-state index contributed by atoms with van der Waals surface area (Å²) in [4.78, 5) is 26.4. The Morgan fingerprint density at radius 2 is 1.96 bits per heavy atom. The van der Waals surface area contributed by atoms with Crippen molar-refractivity contribution in [2.24, 2.45) is 11.7 Å². The van der Waals surface area contributed by atoms with Crippen LogP contribution in [0, 0.1) is 19.8 Å². The molecule has 0 radical (unpaired) electrons. The Kier molecular flexibility index (Phi) is 7.03. The lowest BCUT2D eigenvalue weighted by molar-refractivity contribution is -0.132. The first-order valence-corrected chi connectivity index (χ1v) is 7.81.